The summed E-state index contributed by atoms with van der Waals surface area (Å²) in [6.07, 6.45) is 2.27. The second-order valence-electron chi connectivity index (χ2n) is 6.66. The Morgan fingerprint density at radius 1 is 1.28 bits per heavy atom. The van der Waals surface area contributed by atoms with Crippen LogP contribution >= 0.6 is 11.3 Å². The third-order valence-electron chi connectivity index (χ3n) is 4.32. The van der Waals surface area contributed by atoms with Crippen molar-refractivity contribution < 1.29 is 4.79 Å². The summed E-state index contributed by atoms with van der Waals surface area (Å²) < 4.78 is 1.38. The fourth-order valence-corrected chi connectivity index (χ4v) is 3.48. The Morgan fingerprint density at radius 2 is 2.00 bits per heavy atom. The van der Waals surface area contributed by atoms with Crippen LogP contribution < -0.4 is 10.9 Å². The van der Waals surface area contributed by atoms with E-state index in [0.717, 1.165) is 17.5 Å². The van der Waals surface area contributed by atoms with Crippen LogP contribution in [-0.2, 0) is 11.3 Å². The lowest BCUT2D eigenvalue weighted by Crippen LogP contribution is -2.45. The number of rotatable bonds is 5. The molecular weight excluding hydrogens is 334 g/mol. The third-order valence-corrected chi connectivity index (χ3v) is 5.21. The summed E-state index contributed by atoms with van der Waals surface area (Å²) in [6, 6.07) is 9.75. The summed E-state index contributed by atoms with van der Waals surface area (Å²) in [6.45, 7) is 5.90. The van der Waals surface area contributed by atoms with Gasteiger partial charge in [-0.15, -0.1) is 11.3 Å². The first-order valence-corrected chi connectivity index (χ1v) is 9.12. The number of fused-ring (bicyclic) bond motifs is 1. The molecule has 1 amide bonds. The number of hydrogen-bond donors (Lipinski definition) is 1. The molecule has 3 rings (SSSR count). The summed E-state index contributed by atoms with van der Waals surface area (Å²) in [5.74, 6) is -0.188. The van der Waals surface area contributed by atoms with E-state index in [4.69, 9.17) is 0 Å². The Bertz CT molecular complexity index is 958. The van der Waals surface area contributed by atoms with E-state index in [1.807, 2.05) is 56.5 Å². The minimum absolute atomic E-state index is 0.0325. The predicted molar refractivity (Wildman–Crippen MR) is 102 cm³/mol. The van der Waals surface area contributed by atoms with Crippen LogP contribution in [0.5, 0.6) is 0 Å². The van der Waals surface area contributed by atoms with Gasteiger partial charge >= 0.3 is 0 Å². The molecular formula is C19H21N3O2S. The molecule has 0 aliphatic rings. The van der Waals surface area contributed by atoms with Gasteiger partial charge in [-0.25, -0.2) is 4.98 Å². The smallest absolute Gasteiger partial charge is 0.263 e. The Balaban J connectivity index is 1.97. The van der Waals surface area contributed by atoms with Crippen LogP contribution in [0, 0.1) is 0 Å². The highest BCUT2D eigenvalue weighted by molar-refractivity contribution is 7.17. The van der Waals surface area contributed by atoms with Gasteiger partial charge in [0.2, 0.25) is 5.91 Å². The van der Waals surface area contributed by atoms with E-state index in [2.05, 4.69) is 10.3 Å². The summed E-state index contributed by atoms with van der Waals surface area (Å²) >= 11 is 1.44. The number of hydrogen-bond acceptors (Lipinski definition) is 4. The second-order valence-corrected chi connectivity index (χ2v) is 7.52. The highest BCUT2D eigenvalue weighted by Gasteiger charge is 2.19. The normalized spacial score (nSPS) is 11.6. The molecule has 1 N–H and O–H groups in total. The SMILES string of the molecule is CCC(C)(C)NC(=O)Cn1cnc2scc(-c3ccccc3)c2c1=O. The second kappa shape index (κ2) is 6.80. The topological polar surface area (TPSA) is 64.0 Å². The number of thiophene rings is 1. The maximum absolute atomic E-state index is 12.9. The molecule has 0 radical (unpaired) electrons. The third kappa shape index (κ3) is 3.64. The lowest BCUT2D eigenvalue weighted by atomic mass is 10.0. The van der Waals surface area contributed by atoms with Crippen LogP contribution in [0.4, 0.5) is 0 Å². The quantitative estimate of drug-likeness (QED) is 0.763. The fraction of sp³-hybridized carbons (Fsp3) is 0.316. The number of carbonyl (C=O) groups excluding carboxylic acids is 1. The van der Waals surface area contributed by atoms with Crippen molar-refractivity contribution in [3.63, 3.8) is 0 Å². The summed E-state index contributed by atoms with van der Waals surface area (Å²) in [5, 5.41) is 5.46. The molecule has 0 saturated heterocycles. The molecule has 0 aliphatic heterocycles. The molecule has 0 saturated carbocycles. The Kier molecular flexibility index (Phi) is 4.72. The Morgan fingerprint density at radius 3 is 2.68 bits per heavy atom. The van der Waals surface area contributed by atoms with Crippen molar-refractivity contribution >= 4 is 27.5 Å². The zero-order valence-corrected chi connectivity index (χ0v) is 15.4. The van der Waals surface area contributed by atoms with E-state index < -0.39 is 0 Å². The summed E-state index contributed by atoms with van der Waals surface area (Å²) in [7, 11) is 0. The van der Waals surface area contributed by atoms with Crippen molar-refractivity contribution in [2.24, 2.45) is 0 Å². The Hall–Kier alpha value is -2.47. The van der Waals surface area contributed by atoms with Gasteiger partial charge in [-0.2, -0.15) is 0 Å². The van der Waals surface area contributed by atoms with Gasteiger partial charge in [0.1, 0.15) is 11.4 Å². The highest BCUT2D eigenvalue weighted by atomic mass is 32.1. The zero-order valence-electron chi connectivity index (χ0n) is 14.6. The Labute approximate surface area is 150 Å². The zero-order chi connectivity index (χ0) is 18.0. The minimum atomic E-state index is -0.296. The van der Waals surface area contributed by atoms with Gasteiger partial charge in [-0.1, -0.05) is 37.3 Å². The first-order valence-electron chi connectivity index (χ1n) is 8.24. The number of nitrogens with one attached hydrogen (secondary N) is 1. The summed E-state index contributed by atoms with van der Waals surface area (Å²) in [5.41, 5.74) is 1.36. The number of amides is 1. The molecule has 0 fully saturated rings. The lowest BCUT2D eigenvalue weighted by Gasteiger charge is -2.24. The fourth-order valence-electron chi connectivity index (χ4n) is 2.57. The van der Waals surface area contributed by atoms with Gasteiger partial charge in [0.05, 0.1) is 11.7 Å². The maximum atomic E-state index is 12.9. The summed E-state index contributed by atoms with van der Waals surface area (Å²) in [4.78, 5) is 30.2. The van der Waals surface area contributed by atoms with Crippen molar-refractivity contribution in [2.45, 2.75) is 39.3 Å². The number of benzene rings is 1. The molecule has 2 aromatic heterocycles. The average molecular weight is 355 g/mol. The van der Waals surface area contributed by atoms with E-state index in [1.54, 1.807) is 0 Å². The molecule has 0 spiro atoms. The minimum Gasteiger partial charge on any atom is -0.350 e. The molecule has 3 aromatic rings. The van der Waals surface area contributed by atoms with E-state index in [-0.39, 0.29) is 23.6 Å². The largest absolute Gasteiger partial charge is 0.350 e. The number of nitrogens with zero attached hydrogens (tertiary/aromatic N) is 2. The van der Waals surface area contributed by atoms with Crippen molar-refractivity contribution in [2.75, 3.05) is 0 Å². The standard InChI is InChI=1S/C19H21N3O2S/c1-4-19(2,3)21-15(23)10-22-12-20-17-16(18(22)24)14(11-25-17)13-8-6-5-7-9-13/h5-9,11-12H,4,10H2,1-3H3,(H,21,23). The number of aromatic nitrogens is 2. The first kappa shape index (κ1) is 17.4. The van der Waals surface area contributed by atoms with Crippen molar-refractivity contribution in [1.29, 1.82) is 0 Å². The van der Waals surface area contributed by atoms with Gasteiger partial charge in [0.15, 0.2) is 0 Å². The first-order chi connectivity index (χ1) is 11.9. The molecule has 6 heteroatoms. The average Bonchev–Trinajstić information content (AvgIpc) is 3.02. The van der Waals surface area contributed by atoms with Crippen LogP contribution in [0.2, 0.25) is 0 Å². The molecule has 0 unspecified atom stereocenters. The molecule has 2 heterocycles. The molecule has 0 atom stereocenters. The molecule has 25 heavy (non-hydrogen) atoms. The van der Waals surface area contributed by atoms with Gasteiger partial charge in [-0.3, -0.25) is 14.2 Å². The lowest BCUT2D eigenvalue weighted by molar-refractivity contribution is -0.123. The van der Waals surface area contributed by atoms with Crippen LogP contribution in [-0.4, -0.2) is 21.0 Å². The van der Waals surface area contributed by atoms with Crippen molar-refractivity contribution in [3.05, 3.63) is 52.4 Å². The highest BCUT2D eigenvalue weighted by Crippen LogP contribution is 2.30. The van der Waals surface area contributed by atoms with Gasteiger partial charge < -0.3 is 5.32 Å². The monoisotopic (exact) mass is 355 g/mol. The van der Waals surface area contributed by atoms with E-state index in [1.165, 1.54) is 22.2 Å². The molecule has 1 aromatic carbocycles. The van der Waals surface area contributed by atoms with E-state index >= 15 is 0 Å². The number of carbonyl (C=O) groups is 1. The maximum Gasteiger partial charge on any atom is 0.263 e. The van der Waals surface area contributed by atoms with E-state index in [9.17, 15) is 9.59 Å². The molecule has 5 nitrogen and oxygen atoms in total. The molecule has 0 aliphatic carbocycles. The van der Waals surface area contributed by atoms with Crippen LogP contribution in [0.15, 0.2) is 46.8 Å². The van der Waals surface area contributed by atoms with Crippen LogP contribution in [0.25, 0.3) is 21.3 Å². The van der Waals surface area contributed by atoms with Gasteiger partial charge in [-0.05, 0) is 25.8 Å². The molecule has 0 bridgehead atoms. The van der Waals surface area contributed by atoms with Crippen LogP contribution in [0.1, 0.15) is 27.2 Å². The predicted octanol–water partition coefficient (Wildman–Crippen LogP) is 3.43. The van der Waals surface area contributed by atoms with Crippen molar-refractivity contribution in [1.82, 2.24) is 14.9 Å². The van der Waals surface area contributed by atoms with Crippen LogP contribution in [0.3, 0.4) is 0 Å². The van der Waals surface area contributed by atoms with Crippen molar-refractivity contribution in [3.8, 4) is 11.1 Å². The molecule has 130 valence electrons. The van der Waals surface area contributed by atoms with Gasteiger partial charge in [0.25, 0.3) is 5.56 Å². The van der Waals surface area contributed by atoms with E-state index in [0.29, 0.717) is 10.2 Å². The van der Waals surface area contributed by atoms with Gasteiger partial charge in [0, 0.05) is 16.5 Å².